The molecule has 0 saturated heterocycles. The summed E-state index contributed by atoms with van der Waals surface area (Å²) in [6.07, 6.45) is 3.45. The van der Waals surface area contributed by atoms with E-state index in [0.29, 0.717) is 33.4 Å². The van der Waals surface area contributed by atoms with Crippen molar-refractivity contribution >= 4 is 34.8 Å². The van der Waals surface area contributed by atoms with E-state index in [1.54, 1.807) is 42.7 Å². The molecule has 5 nitrogen and oxygen atoms in total. The fraction of sp³-hybridized carbons (Fsp3) is 0.100. The predicted molar refractivity (Wildman–Crippen MR) is 107 cm³/mol. The first-order chi connectivity index (χ1) is 13.1. The molecule has 3 aromatic rings. The fourth-order valence-electron chi connectivity index (χ4n) is 2.43. The molecule has 0 unspecified atom stereocenters. The average Bonchev–Trinajstić information content (AvgIpc) is 2.70. The number of hydroxylamine groups is 1. The lowest BCUT2D eigenvalue weighted by Crippen LogP contribution is -2.24. The van der Waals surface area contributed by atoms with Crippen molar-refractivity contribution in [3.8, 4) is 0 Å². The molecule has 0 fully saturated rings. The van der Waals surface area contributed by atoms with E-state index in [-0.39, 0.29) is 12.5 Å². The molecule has 0 aliphatic heterocycles. The quantitative estimate of drug-likeness (QED) is 0.554. The van der Waals surface area contributed by atoms with Crippen LogP contribution >= 0.6 is 23.2 Å². The van der Waals surface area contributed by atoms with Gasteiger partial charge in [-0.25, -0.2) is 5.48 Å². The van der Waals surface area contributed by atoms with E-state index >= 15 is 0 Å². The van der Waals surface area contributed by atoms with Gasteiger partial charge in [-0.3, -0.25) is 14.6 Å². The summed E-state index contributed by atoms with van der Waals surface area (Å²) in [5, 5.41) is 4.10. The molecular weight excluding hydrogens is 385 g/mol. The summed E-state index contributed by atoms with van der Waals surface area (Å²) in [7, 11) is 0. The molecule has 0 bridgehead atoms. The number of carbonyl (C=O) groups excluding carboxylic acids is 1. The first kappa shape index (κ1) is 19.2. The Morgan fingerprint density at radius 2 is 1.78 bits per heavy atom. The standard InChI is InChI=1S/C20H17Cl2N3O2/c21-17-6-3-4-15(19(17)22)13-27-25-20(26)16-5-1-2-7-18(16)24-12-14-8-10-23-11-9-14/h1-11,24H,12-13H2,(H,25,26). The highest BCUT2D eigenvalue weighted by atomic mass is 35.5. The van der Waals surface area contributed by atoms with Crippen LogP contribution in [0.4, 0.5) is 5.69 Å². The van der Waals surface area contributed by atoms with E-state index in [1.807, 2.05) is 24.3 Å². The van der Waals surface area contributed by atoms with Crippen LogP contribution in [0.5, 0.6) is 0 Å². The molecule has 27 heavy (non-hydrogen) atoms. The van der Waals surface area contributed by atoms with Crippen LogP contribution in [-0.2, 0) is 18.0 Å². The molecule has 0 radical (unpaired) electrons. The summed E-state index contributed by atoms with van der Waals surface area (Å²) >= 11 is 12.1. The van der Waals surface area contributed by atoms with Gasteiger partial charge >= 0.3 is 0 Å². The number of anilines is 1. The van der Waals surface area contributed by atoms with Crippen molar-refractivity contribution in [3.63, 3.8) is 0 Å². The number of halogens is 2. The van der Waals surface area contributed by atoms with Crippen LogP contribution in [0.1, 0.15) is 21.5 Å². The molecule has 1 heterocycles. The zero-order valence-electron chi connectivity index (χ0n) is 14.3. The summed E-state index contributed by atoms with van der Waals surface area (Å²) in [6, 6.07) is 16.3. The molecule has 1 amide bonds. The lowest BCUT2D eigenvalue weighted by Gasteiger charge is -2.13. The summed E-state index contributed by atoms with van der Waals surface area (Å²) in [5.74, 6) is -0.356. The molecule has 0 aliphatic carbocycles. The van der Waals surface area contributed by atoms with Crippen LogP contribution in [0.3, 0.4) is 0 Å². The molecule has 0 spiro atoms. The molecule has 3 rings (SSSR count). The van der Waals surface area contributed by atoms with Gasteiger partial charge in [-0.1, -0.05) is 47.5 Å². The number of rotatable bonds is 7. The first-order valence-corrected chi connectivity index (χ1v) is 8.97. The second-order valence-corrected chi connectivity index (χ2v) is 6.47. The Bertz CT molecular complexity index is 920. The molecule has 2 aromatic carbocycles. The minimum Gasteiger partial charge on any atom is -0.380 e. The molecule has 0 saturated carbocycles. The lowest BCUT2D eigenvalue weighted by atomic mass is 10.1. The molecule has 1 aromatic heterocycles. The van der Waals surface area contributed by atoms with Gasteiger partial charge in [-0.15, -0.1) is 0 Å². The highest BCUT2D eigenvalue weighted by Gasteiger charge is 2.12. The van der Waals surface area contributed by atoms with E-state index < -0.39 is 0 Å². The largest absolute Gasteiger partial charge is 0.380 e. The van der Waals surface area contributed by atoms with Crippen molar-refractivity contribution in [2.45, 2.75) is 13.2 Å². The fourth-order valence-corrected chi connectivity index (χ4v) is 2.80. The van der Waals surface area contributed by atoms with Gasteiger partial charge in [0, 0.05) is 30.2 Å². The van der Waals surface area contributed by atoms with Gasteiger partial charge in [-0.2, -0.15) is 0 Å². The van der Waals surface area contributed by atoms with Crippen molar-refractivity contribution in [1.82, 2.24) is 10.5 Å². The van der Waals surface area contributed by atoms with E-state index in [2.05, 4.69) is 15.8 Å². The van der Waals surface area contributed by atoms with Crippen LogP contribution in [0.2, 0.25) is 10.0 Å². The highest BCUT2D eigenvalue weighted by Crippen LogP contribution is 2.25. The number of nitrogens with one attached hydrogen (secondary N) is 2. The second kappa shape index (κ2) is 9.37. The van der Waals surface area contributed by atoms with E-state index in [9.17, 15) is 4.79 Å². The van der Waals surface area contributed by atoms with Crippen LogP contribution in [0, 0.1) is 0 Å². The Balaban J connectivity index is 1.60. The summed E-state index contributed by atoms with van der Waals surface area (Å²) in [6.45, 7) is 0.684. The van der Waals surface area contributed by atoms with Crippen molar-refractivity contribution in [2.24, 2.45) is 0 Å². The normalized spacial score (nSPS) is 10.4. The Labute approximate surface area is 167 Å². The summed E-state index contributed by atoms with van der Waals surface area (Å²) in [4.78, 5) is 21.8. The van der Waals surface area contributed by atoms with Crippen molar-refractivity contribution in [2.75, 3.05) is 5.32 Å². The molecule has 0 atom stereocenters. The number of carbonyl (C=O) groups is 1. The predicted octanol–water partition coefficient (Wildman–Crippen LogP) is 4.86. The lowest BCUT2D eigenvalue weighted by molar-refractivity contribution is 0.0234. The average molecular weight is 402 g/mol. The molecule has 138 valence electrons. The SMILES string of the molecule is O=C(NOCc1cccc(Cl)c1Cl)c1ccccc1NCc1ccncc1. The van der Waals surface area contributed by atoms with Gasteiger partial charge < -0.3 is 5.32 Å². The molecular formula is C20H17Cl2N3O2. The van der Waals surface area contributed by atoms with Gasteiger partial charge in [-0.05, 0) is 35.9 Å². The Morgan fingerprint density at radius 1 is 1.00 bits per heavy atom. The molecule has 7 heteroatoms. The Hall–Kier alpha value is -2.60. The van der Waals surface area contributed by atoms with Gasteiger partial charge in [0.05, 0.1) is 15.6 Å². The highest BCUT2D eigenvalue weighted by molar-refractivity contribution is 6.42. The van der Waals surface area contributed by atoms with Crippen LogP contribution in [0.25, 0.3) is 0 Å². The van der Waals surface area contributed by atoms with Crippen molar-refractivity contribution in [1.29, 1.82) is 0 Å². The minimum absolute atomic E-state index is 0.109. The van der Waals surface area contributed by atoms with Gasteiger partial charge in [0.25, 0.3) is 5.91 Å². The summed E-state index contributed by atoms with van der Waals surface area (Å²) in [5.41, 5.74) is 5.37. The molecule has 0 aliphatic rings. The zero-order valence-corrected chi connectivity index (χ0v) is 15.8. The van der Waals surface area contributed by atoms with Crippen LogP contribution in [-0.4, -0.2) is 10.9 Å². The number of pyridine rings is 1. The monoisotopic (exact) mass is 401 g/mol. The maximum atomic E-state index is 12.5. The van der Waals surface area contributed by atoms with E-state index in [1.165, 1.54) is 0 Å². The number of hydrogen-bond donors (Lipinski definition) is 2. The van der Waals surface area contributed by atoms with Crippen molar-refractivity contribution < 1.29 is 9.63 Å². The van der Waals surface area contributed by atoms with E-state index in [4.69, 9.17) is 28.0 Å². The van der Waals surface area contributed by atoms with Gasteiger partial charge in [0.2, 0.25) is 0 Å². The van der Waals surface area contributed by atoms with Gasteiger partial charge in [0.1, 0.15) is 6.61 Å². The topological polar surface area (TPSA) is 63.2 Å². The third-order valence-corrected chi connectivity index (χ3v) is 4.69. The number of para-hydroxylation sites is 1. The zero-order chi connectivity index (χ0) is 19.1. The third-order valence-electron chi connectivity index (χ3n) is 3.83. The van der Waals surface area contributed by atoms with Gasteiger partial charge in [0.15, 0.2) is 0 Å². The van der Waals surface area contributed by atoms with Crippen molar-refractivity contribution in [3.05, 3.63) is 93.7 Å². The Kier molecular flexibility index (Phi) is 6.65. The minimum atomic E-state index is -0.356. The van der Waals surface area contributed by atoms with E-state index in [0.717, 1.165) is 5.56 Å². The second-order valence-electron chi connectivity index (χ2n) is 5.69. The Morgan fingerprint density at radius 3 is 2.59 bits per heavy atom. The number of aromatic nitrogens is 1. The smallest absolute Gasteiger partial charge is 0.276 e. The number of amides is 1. The maximum Gasteiger partial charge on any atom is 0.276 e. The first-order valence-electron chi connectivity index (χ1n) is 8.22. The number of nitrogens with zero attached hydrogens (tertiary/aromatic N) is 1. The summed E-state index contributed by atoms with van der Waals surface area (Å²) < 4.78 is 0. The number of hydrogen-bond acceptors (Lipinski definition) is 4. The maximum absolute atomic E-state index is 12.5. The number of benzene rings is 2. The van der Waals surface area contributed by atoms with Crippen LogP contribution in [0.15, 0.2) is 67.0 Å². The third kappa shape index (κ3) is 5.20. The van der Waals surface area contributed by atoms with Crippen LogP contribution < -0.4 is 10.8 Å². The molecule has 2 N–H and O–H groups in total.